The van der Waals surface area contributed by atoms with E-state index in [1.807, 2.05) is 0 Å². The molecule has 0 radical (unpaired) electrons. The fourth-order valence-corrected chi connectivity index (χ4v) is 2.25. The molecule has 2 N–H and O–H groups in total. The third kappa shape index (κ3) is 3.17. The van der Waals surface area contributed by atoms with Crippen molar-refractivity contribution >= 4 is 28.8 Å². The Morgan fingerprint density at radius 2 is 2.00 bits per heavy atom. The number of halogens is 1. The first kappa shape index (κ1) is 12.4. The summed E-state index contributed by atoms with van der Waals surface area (Å²) in [5.74, 6) is -0.252. The van der Waals surface area contributed by atoms with E-state index >= 15 is 0 Å². The van der Waals surface area contributed by atoms with Crippen molar-refractivity contribution in [1.29, 1.82) is 0 Å². The van der Waals surface area contributed by atoms with Crippen LogP contribution in [0, 0.1) is 0 Å². The molecule has 1 aromatic heterocycles. The molecule has 0 saturated carbocycles. The molecule has 1 heterocycles. The lowest BCUT2D eigenvalue weighted by molar-refractivity contribution is 0.0690. The predicted octanol–water partition coefficient (Wildman–Crippen LogP) is 0.828. The molecule has 0 aliphatic rings. The Bertz CT molecular complexity index is 323. The predicted molar refractivity (Wildman–Crippen MR) is 59.4 cm³/mol. The van der Waals surface area contributed by atoms with Crippen molar-refractivity contribution < 1.29 is 15.0 Å². The zero-order chi connectivity index (χ0) is 11.3. The molecule has 0 spiro atoms. The Morgan fingerprint density at radius 1 is 1.40 bits per heavy atom. The SMILES string of the molecule is O=C(c1sccc1Cl)N(CCO)CCO. The van der Waals surface area contributed by atoms with Gasteiger partial charge in [0, 0.05) is 13.1 Å². The van der Waals surface area contributed by atoms with Crippen LogP contribution >= 0.6 is 22.9 Å². The highest BCUT2D eigenvalue weighted by atomic mass is 35.5. The van der Waals surface area contributed by atoms with Gasteiger partial charge < -0.3 is 15.1 Å². The van der Waals surface area contributed by atoms with Crippen molar-refractivity contribution in [2.45, 2.75) is 0 Å². The van der Waals surface area contributed by atoms with Crippen molar-refractivity contribution in [3.05, 3.63) is 21.3 Å². The fraction of sp³-hybridized carbons (Fsp3) is 0.444. The molecule has 1 aromatic rings. The van der Waals surface area contributed by atoms with Gasteiger partial charge in [-0.3, -0.25) is 4.79 Å². The van der Waals surface area contributed by atoms with Gasteiger partial charge in [-0.2, -0.15) is 0 Å². The minimum atomic E-state index is -0.252. The molecule has 4 nitrogen and oxygen atoms in total. The summed E-state index contributed by atoms with van der Waals surface area (Å²) in [5.41, 5.74) is 0. The maximum absolute atomic E-state index is 11.8. The number of amides is 1. The first-order valence-electron chi connectivity index (χ1n) is 4.44. The molecular formula is C9H12ClNO3S. The van der Waals surface area contributed by atoms with Gasteiger partial charge in [-0.25, -0.2) is 0 Å². The lowest BCUT2D eigenvalue weighted by Gasteiger charge is -2.19. The molecule has 0 bridgehead atoms. The van der Waals surface area contributed by atoms with Crippen LogP contribution in [-0.2, 0) is 0 Å². The summed E-state index contributed by atoms with van der Waals surface area (Å²) in [6, 6.07) is 1.65. The van der Waals surface area contributed by atoms with Crippen LogP contribution in [0.3, 0.4) is 0 Å². The van der Waals surface area contributed by atoms with E-state index in [9.17, 15) is 4.79 Å². The molecule has 84 valence electrons. The van der Waals surface area contributed by atoms with Crippen LogP contribution in [0.5, 0.6) is 0 Å². The normalized spacial score (nSPS) is 10.3. The number of carbonyl (C=O) groups is 1. The molecule has 0 atom stereocenters. The summed E-state index contributed by atoms with van der Waals surface area (Å²) in [4.78, 5) is 13.7. The molecule has 0 aliphatic heterocycles. The fourth-order valence-electron chi connectivity index (χ4n) is 1.15. The molecule has 0 aliphatic carbocycles. The number of aliphatic hydroxyl groups is 2. The van der Waals surface area contributed by atoms with Crippen molar-refractivity contribution in [3.8, 4) is 0 Å². The standard InChI is InChI=1S/C9H12ClNO3S/c10-7-1-6-15-8(7)9(14)11(2-4-12)3-5-13/h1,6,12-13H,2-5H2. The van der Waals surface area contributed by atoms with Crippen molar-refractivity contribution in [1.82, 2.24) is 4.90 Å². The summed E-state index contributed by atoms with van der Waals surface area (Å²) >= 11 is 7.07. The average molecular weight is 250 g/mol. The van der Waals surface area contributed by atoms with Crippen LogP contribution in [0.15, 0.2) is 11.4 Å². The van der Waals surface area contributed by atoms with E-state index in [1.165, 1.54) is 16.2 Å². The number of carbonyl (C=O) groups excluding carboxylic acids is 1. The van der Waals surface area contributed by atoms with Crippen LogP contribution in [0.4, 0.5) is 0 Å². The van der Waals surface area contributed by atoms with E-state index in [2.05, 4.69) is 0 Å². The first-order chi connectivity index (χ1) is 7.20. The summed E-state index contributed by atoms with van der Waals surface area (Å²) in [6.07, 6.45) is 0. The Labute approximate surface area is 96.7 Å². The zero-order valence-electron chi connectivity index (χ0n) is 8.02. The number of nitrogens with zero attached hydrogens (tertiary/aromatic N) is 1. The van der Waals surface area contributed by atoms with Gasteiger partial charge in [0.15, 0.2) is 0 Å². The Kier molecular flexibility index (Phi) is 5.04. The highest BCUT2D eigenvalue weighted by Gasteiger charge is 2.18. The van der Waals surface area contributed by atoms with Crippen molar-refractivity contribution in [2.24, 2.45) is 0 Å². The largest absolute Gasteiger partial charge is 0.395 e. The quantitative estimate of drug-likeness (QED) is 0.813. The molecule has 0 aromatic carbocycles. The summed E-state index contributed by atoms with van der Waals surface area (Å²) < 4.78 is 0. The molecule has 1 amide bonds. The van der Waals surface area contributed by atoms with Gasteiger partial charge in [0.25, 0.3) is 5.91 Å². The molecule has 15 heavy (non-hydrogen) atoms. The maximum atomic E-state index is 11.8. The second kappa shape index (κ2) is 6.07. The highest BCUT2D eigenvalue weighted by Crippen LogP contribution is 2.23. The molecule has 0 unspecified atom stereocenters. The van der Waals surface area contributed by atoms with Crippen LogP contribution in [-0.4, -0.2) is 47.3 Å². The van der Waals surface area contributed by atoms with Crippen LogP contribution in [0.25, 0.3) is 0 Å². The van der Waals surface area contributed by atoms with Gasteiger partial charge in [-0.05, 0) is 11.4 Å². The Balaban J connectivity index is 2.76. The van der Waals surface area contributed by atoms with E-state index < -0.39 is 0 Å². The number of aliphatic hydroxyl groups excluding tert-OH is 2. The number of thiophene rings is 1. The van der Waals surface area contributed by atoms with Gasteiger partial charge in [0.2, 0.25) is 0 Å². The monoisotopic (exact) mass is 249 g/mol. The lowest BCUT2D eigenvalue weighted by Crippen LogP contribution is -2.35. The van der Waals surface area contributed by atoms with Gasteiger partial charge in [0.1, 0.15) is 4.88 Å². The number of hydrogen-bond donors (Lipinski definition) is 2. The smallest absolute Gasteiger partial charge is 0.265 e. The maximum Gasteiger partial charge on any atom is 0.265 e. The molecule has 0 saturated heterocycles. The van der Waals surface area contributed by atoms with Crippen LogP contribution in [0.1, 0.15) is 9.67 Å². The first-order valence-corrected chi connectivity index (χ1v) is 5.70. The summed E-state index contributed by atoms with van der Waals surface area (Å²) in [6.45, 7) is 0.144. The van der Waals surface area contributed by atoms with Crippen LogP contribution in [0.2, 0.25) is 5.02 Å². The van der Waals surface area contributed by atoms with E-state index in [4.69, 9.17) is 21.8 Å². The van der Waals surface area contributed by atoms with Gasteiger partial charge in [-0.15, -0.1) is 11.3 Å². The second-order valence-corrected chi connectivity index (χ2v) is 4.16. The highest BCUT2D eigenvalue weighted by molar-refractivity contribution is 7.12. The van der Waals surface area contributed by atoms with E-state index in [0.29, 0.717) is 9.90 Å². The van der Waals surface area contributed by atoms with Crippen molar-refractivity contribution in [3.63, 3.8) is 0 Å². The minimum Gasteiger partial charge on any atom is -0.395 e. The Morgan fingerprint density at radius 3 is 2.40 bits per heavy atom. The van der Waals surface area contributed by atoms with E-state index in [0.717, 1.165) is 0 Å². The molecular weight excluding hydrogens is 238 g/mol. The van der Waals surface area contributed by atoms with Gasteiger partial charge >= 0.3 is 0 Å². The Hall–Kier alpha value is -0.620. The number of rotatable bonds is 5. The van der Waals surface area contributed by atoms with E-state index in [-0.39, 0.29) is 32.2 Å². The minimum absolute atomic E-state index is 0.130. The topological polar surface area (TPSA) is 60.8 Å². The number of hydrogen-bond acceptors (Lipinski definition) is 4. The molecule has 6 heteroatoms. The van der Waals surface area contributed by atoms with Gasteiger partial charge in [0.05, 0.1) is 18.2 Å². The third-order valence-corrected chi connectivity index (χ3v) is 3.17. The third-order valence-electron chi connectivity index (χ3n) is 1.84. The van der Waals surface area contributed by atoms with E-state index in [1.54, 1.807) is 11.4 Å². The average Bonchev–Trinajstić information content (AvgIpc) is 2.63. The molecule has 1 rings (SSSR count). The summed E-state index contributed by atoms with van der Waals surface area (Å²) in [7, 11) is 0. The van der Waals surface area contributed by atoms with Crippen LogP contribution < -0.4 is 0 Å². The molecule has 0 fully saturated rings. The zero-order valence-corrected chi connectivity index (χ0v) is 9.59. The lowest BCUT2D eigenvalue weighted by atomic mass is 10.3. The second-order valence-electron chi connectivity index (χ2n) is 2.84. The van der Waals surface area contributed by atoms with Crippen molar-refractivity contribution in [2.75, 3.05) is 26.3 Å². The summed E-state index contributed by atoms with van der Waals surface area (Å²) in [5, 5.41) is 19.7. The van der Waals surface area contributed by atoms with Gasteiger partial charge in [-0.1, -0.05) is 11.6 Å².